The van der Waals surface area contributed by atoms with Crippen molar-refractivity contribution in [3.63, 3.8) is 0 Å². The summed E-state index contributed by atoms with van der Waals surface area (Å²) in [6.45, 7) is 9.21. The summed E-state index contributed by atoms with van der Waals surface area (Å²) in [6.07, 6.45) is -0.957. The van der Waals surface area contributed by atoms with Crippen LogP contribution in [0.1, 0.15) is 29.8 Å². The molecule has 1 fully saturated rings. The van der Waals surface area contributed by atoms with Crippen LogP contribution in [0.25, 0.3) is 0 Å². The van der Waals surface area contributed by atoms with Gasteiger partial charge in [0, 0.05) is 31.9 Å². The van der Waals surface area contributed by atoms with E-state index in [-0.39, 0.29) is 16.4 Å². The van der Waals surface area contributed by atoms with Gasteiger partial charge in [0.1, 0.15) is 0 Å². The molecule has 1 atom stereocenters. The fourth-order valence-electron chi connectivity index (χ4n) is 3.45. The summed E-state index contributed by atoms with van der Waals surface area (Å²) in [5.74, 6) is -0.996. The van der Waals surface area contributed by atoms with Crippen LogP contribution in [0.4, 0.5) is 5.69 Å². The van der Waals surface area contributed by atoms with E-state index in [1.807, 2.05) is 6.92 Å². The molecule has 1 N–H and O–H groups in total. The van der Waals surface area contributed by atoms with Crippen molar-refractivity contribution in [2.45, 2.75) is 31.8 Å². The van der Waals surface area contributed by atoms with E-state index in [0.29, 0.717) is 18.8 Å². The molecule has 0 radical (unpaired) electrons. The summed E-state index contributed by atoms with van der Waals surface area (Å²) in [4.78, 5) is 29.1. The number of likely N-dealkylation sites (N-methyl/N-ethyl adjacent to an activating group) is 1. The molecule has 32 heavy (non-hydrogen) atoms. The second-order valence-corrected chi connectivity index (χ2v) is 9.49. The van der Waals surface area contributed by atoms with Gasteiger partial charge in [-0.2, -0.15) is 0 Å². The van der Waals surface area contributed by atoms with E-state index in [9.17, 15) is 18.0 Å². The highest BCUT2D eigenvalue weighted by atomic mass is 32.2. The lowest BCUT2D eigenvalue weighted by Gasteiger charge is -2.35. The number of anilines is 1. The number of carbonyl (C=O) groups is 2. The molecule has 1 amide bonds. The summed E-state index contributed by atoms with van der Waals surface area (Å²) in [6, 6.07) is 12.5. The molecule has 0 aromatic heterocycles. The number of carbonyl (C=O) groups excluding carboxylic acids is 2. The smallest absolute Gasteiger partial charge is 0.338 e. The van der Waals surface area contributed by atoms with Crippen LogP contribution >= 0.6 is 0 Å². The van der Waals surface area contributed by atoms with E-state index in [1.165, 1.54) is 31.2 Å². The minimum absolute atomic E-state index is 0.0623. The number of nitrogens with zero attached hydrogens (tertiary/aromatic N) is 2. The van der Waals surface area contributed by atoms with Crippen LogP contribution in [0.3, 0.4) is 0 Å². The van der Waals surface area contributed by atoms with Gasteiger partial charge < -0.3 is 14.5 Å². The summed E-state index contributed by atoms with van der Waals surface area (Å²) in [5.41, 5.74) is 1.49. The third-order valence-electron chi connectivity index (χ3n) is 5.45. The van der Waals surface area contributed by atoms with Gasteiger partial charge in [-0.15, -0.1) is 0 Å². The molecule has 0 unspecified atom stereocenters. The number of hydrogen-bond acceptors (Lipinski definition) is 6. The van der Waals surface area contributed by atoms with E-state index in [1.54, 1.807) is 29.2 Å². The Morgan fingerprint density at radius 1 is 1.06 bits per heavy atom. The first kappa shape index (κ1) is 23.7. The van der Waals surface area contributed by atoms with Crippen LogP contribution in [0, 0.1) is 6.92 Å². The van der Waals surface area contributed by atoms with Crippen molar-refractivity contribution in [3.05, 3.63) is 59.7 Å². The van der Waals surface area contributed by atoms with Gasteiger partial charge in [0.05, 0.1) is 10.5 Å². The normalized spacial score (nSPS) is 15.8. The fraction of sp³-hybridized carbons (Fsp3) is 0.391. The van der Waals surface area contributed by atoms with Gasteiger partial charge in [0.15, 0.2) is 6.10 Å². The molecular formula is C23H29N3O5S. The Kier molecular flexibility index (Phi) is 7.52. The lowest BCUT2D eigenvalue weighted by molar-refractivity contribution is -0.141. The number of amides is 1. The highest BCUT2D eigenvalue weighted by Gasteiger charge is 2.27. The molecule has 0 spiro atoms. The zero-order valence-corrected chi connectivity index (χ0v) is 19.4. The topological polar surface area (TPSA) is 96.0 Å². The van der Waals surface area contributed by atoms with E-state index in [2.05, 4.69) is 16.5 Å². The Morgan fingerprint density at radius 2 is 1.72 bits per heavy atom. The minimum Gasteiger partial charge on any atom is -0.449 e. The van der Waals surface area contributed by atoms with Crippen molar-refractivity contribution < 1.29 is 22.7 Å². The first-order valence-corrected chi connectivity index (χ1v) is 12.1. The van der Waals surface area contributed by atoms with E-state index < -0.39 is 22.1 Å². The Labute approximate surface area is 189 Å². The molecule has 172 valence electrons. The van der Waals surface area contributed by atoms with Crippen molar-refractivity contribution in [2.75, 3.05) is 37.4 Å². The molecular weight excluding hydrogens is 430 g/mol. The van der Waals surface area contributed by atoms with Gasteiger partial charge >= 0.3 is 5.97 Å². The van der Waals surface area contributed by atoms with Crippen LogP contribution in [-0.4, -0.2) is 68.9 Å². The van der Waals surface area contributed by atoms with Gasteiger partial charge in [0.25, 0.3) is 15.9 Å². The third-order valence-corrected chi connectivity index (χ3v) is 6.83. The second kappa shape index (κ2) is 10.1. The van der Waals surface area contributed by atoms with Gasteiger partial charge in [-0.05, 0) is 50.7 Å². The summed E-state index contributed by atoms with van der Waals surface area (Å²) in [7, 11) is -3.89. The van der Waals surface area contributed by atoms with Crippen LogP contribution in [0.15, 0.2) is 53.4 Å². The number of ether oxygens (including phenoxy) is 1. The zero-order chi connectivity index (χ0) is 23.3. The first-order chi connectivity index (χ1) is 15.2. The van der Waals surface area contributed by atoms with Crippen LogP contribution in [-0.2, 0) is 19.6 Å². The Hall–Kier alpha value is -2.91. The molecule has 0 aliphatic carbocycles. The largest absolute Gasteiger partial charge is 0.449 e. The average Bonchev–Trinajstić information content (AvgIpc) is 2.80. The van der Waals surface area contributed by atoms with Crippen LogP contribution in [0.5, 0.6) is 0 Å². The fourth-order valence-corrected chi connectivity index (χ4v) is 4.55. The lowest BCUT2D eigenvalue weighted by atomic mass is 10.2. The molecule has 1 heterocycles. The molecule has 8 nitrogen and oxygen atoms in total. The maximum Gasteiger partial charge on any atom is 0.338 e. The van der Waals surface area contributed by atoms with Crippen molar-refractivity contribution in [1.29, 1.82) is 0 Å². The maximum absolute atomic E-state index is 12.7. The predicted octanol–water partition coefficient (Wildman–Crippen LogP) is 2.51. The molecule has 1 aliphatic heterocycles. The minimum atomic E-state index is -3.89. The number of nitrogens with one attached hydrogen (secondary N) is 1. The highest BCUT2D eigenvalue weighted by molar-refractivity contribution is 7.92. The lowest BCUT2D eigenvalue weighted by Crippen LogP contribution is -2.51. The number of aryl methyl sites for hydroxylation is 1. The monoisotopic (exact) mass is 459 g/mol. The molecule has 0 bridgehead atoms. The quantitative estimate of drug-likeness (QED) is 0.639. The summed E-state index contributed by atoms with van der Waals surface area (Å²) < 4.78 is 33.3. The molecule has 2 aromatic rings. The number of hydrogen-bond donors (Lipinski definition) is 1. The number of piperazine rings is 1. The number of esters is 1. The Balaban J connectivity index is 1.65. The summed E-state index contributed by atoms with van der Waals surface area (Å²) >= 11 is 0. The van der Waals surface area contributed by atoms with Crippen molar-refractivity contribution in [3.8, 4) is 0 Å². The molecule has 1 saturated heterocycles. The number of sulfonamides is 1. The standard InChI is InChI=1S/C23H29N3O5S/c1-4-25-12-14-26(15-13-25)22(27)18(3)31-23(28)19-6-5-7-21(16-19)32(29,30)24-20-10-8-17(2)9-11-20/h5-11,16,18,24H,4,12-15H2,1-3H3/t18-/m0/s1. The van der Waals surface area contributed by atoms with Gasteiger partial charge in [0.2, 0.25) is 0 Å². The van der Waals surface area contributed by atoms with E-state index in [0.717, 1.165) is 25.2 Å². The van der Waals surface area contributed by atoms with E-state index in [4.69, 9.17) is 4.74 Å². The SMILES string of the molecule is CCN1CCN(C(=O)[C@H](C)OC(=O)c2cccc(S(=O)(=O)Nc3ccc(C)cc3)c2)CC1. The first-order valence-electron chi connectivity index (χ1n) is 10.6. The maximum atomic E-state index is 12.7. The molecule has 0 saturated carbocycles. The predicted molar refractivity (Wildman–Crippen MR) is 122 cm³/mol. The zero-order valence-electron chi connectivity index (χ0n) is 18.6. The number of rotatable bonds is 7. The average molecular weight is 460 g/mol. The summed E-state index contributed by atoms with van der Waals surface area (Å²) in [5, 5.41) is 0. The van der Waals surface area contributed by atoms with Crippen LogP contribution in [0.2, 0.25) is 0 Å². The van der Waals surface area contributed by atoms with Crippen molar-refractivity contribution >= 4 is 27.6 Å². The Bertz CT molecular complexity index is 1060. The van der Waals surface area contributed by atoms with Crippen molar-refractivity contribution in [2.24, 2.45) is 0 Å². The Morgan fingerprint density at radius 3 is 2.34 bits per heavy atom. The van der Waals surface area contributed by atoms with E-state index >= 15 is 0 Å². The van der Waals surface area contributed by atoms with Gasteiger partial charge in [-0.1, -0.05) is 30.7 Å². The highest BCUT2D eigenvalue weighted by Crippen LogP contribution is 2.18. The van der Waals surface area contributed by atoms with Gasteiger partial charge in [-0.25, -0.2) is 13.2 Å². The molecule has 9 heteroatoms. The molecule has 2 aromatic carbocycles. The third kappa shape index (κ3) is 5.86. The van der Waals surface area contributed by atoms with Crippen LogP contribution < -0.4 is 4.72 Å². The molecule has 1 aliphatic rings. The second-order valence-electron chi connectivity index (χ2n) is 7.81. The number of benzene rings is 2. The van der Waals surface area contributed by atoms with Gasteiger partial charge in [-0.3, -0.25) is 9.52 Å². The molecule has 3 rings (SSSR count). The van der Waals surface area contributed by atoms with Crippen molar-refractivity contribution in [1.82, 2.24) is 9.80 Å².